The molecule has 80 valence electrons. The fourth-order valence-electron chi connectivity index (χ4n) is 1.62. The number of hydrogen-bond acceptors (Lipinski definition) is 0. The van der Waals surface area contributed by atoms with E-state index in [9.17, 15) is 0 Å². The van der Waals surface area contributed by atoms with Crippen molar-refractivity contribution in [3.05, 3.63) is 65.2 Å². The normalized spacial score (nSPS) is 12.4. The monoisotopic (exact) mass is 244 g/mol. The first-order valence-electron chi connectivity index (χ1n) is 5.33. The Balaban J connectivity index is 2.09. The van der Waals surface area contributed by atoms with Crippen LogP contribution in [0.2, 0.25) is 5.02 Å². The third-order valence-corrected chi connectivity index (χ3v) is 4.21. The van der Waals surface area contributed by atoms with E-state index in [-0.39, 0.29) is 0 Å². The van der Waals surface area contributed by atoms with Crippen molar-refractivity contribution in [3.63, 3.8) is 0 Å². The van der Waals surface area contributed by atoms with E-state index in [1.54, 1.807) is 0 Å². The molecule has 0 unspecified atom stereocenters. The summed E-state index contributed by atoms with van der Waals surface area (Å²) in [6.45, 7) is 2.26. The average Bonchev–Trinajstić information content (AvgIpc) is 2.31. The average molecular weight is 245 g/mol. The lowest BCUT2D eigenvalue weighted by Gasteiger charge is -2.10. The molecule has 2 aromatic carbocycles. The maximum Gasteiger partial charge on any atom is 0.0887 e. The summed E-state index contributed by atoms with van der Waals surface area (Å²) in [5.74, 6) is 0. The third kappa shape index (κ3) is 2.97. The van der Waals surface area contributed by atoms with E-state index in [0.717, 1.165) is 14.5 Å². The summed E-state index contributed by atoms with van der Waals surface area (Å²) in [5.41, 5.74) is 1.91. The van der Waals surface area contributed by atoms with Crippen LogP contribution in [0.25, 0.3) is 0 Å². The summed E-state index contributed by atoms with van der Waals surface area (Å²) < 4.78 is 0. The quantitative estimate of drug-likeness (QED) is 0.726. The molecule has 0 N–H and O–H groups in total. The van der Waals surface area contributed by atoms with Crippen LogP contribution in [0, 0.1) is 0 Å². The van der Waals surface area contributed by atoms with E-state index in [4.69, 9.17) is 11.6 Å². The van der Waals surface area contributed by atoms with Crippen molar-refractivity contribution in [2.45, 2.75) is 12.5 Å². The van der Waals surface area contributed by atoms with E-state index < -0.39 is 0 Å². The Morgan fingerprint density at radius 2 is 1.56 bits per heavy atom. The molecule has 2 rings (SSSR count). The van der Waals surface area contributed by atoms with Crippen molar-refractivity contribution < 1.29 is 0 Å². The predicted octanol–water partition coefficient (Wildman–Crippen LogP) is 3.43. The van der Waals surface area contributed by atoms with Crippen molar-refractivity contribution >= 4 is 26.3 Å². The van der Waals surface area contributed by atoms with Gasteiger partial charge in [0.25, 0.3) is 0 Å². The van der Waals surface area contributed by atoms with Crippen LogP contribution < -0.4 is 5.19 Å². The lowest BCUT2D eigenvalue weighted by molar-refractivity contribution is 1.07. The van der Waals surface area contributed by atoms with Gasteiger partial charge in [-0.1, -0.05) is 66.2 Å². The molecule has 2 aromatic rings. The van der Waals surface area contributed by atoms with Crippen LogP contribution in [0.4, 0.5) is 0 Å². The standard InChI is InChI=1S/C14H13ClSi/c1-11(12-7-9-13(15)10-8-12)16-14-5-3-2-4-6-14/h2-11H,1H3/t11-/m0/s1. The maximum absolute atomic E-state index is 5.88. The van der Waals surface area contributed by atoms with E-state index in [1.165, 1.54) is 10.8 Å². The highest BCUT2D eigenvalue weighted by atomic mass is 35.5. The van der Waals surface area contributed by atoms with Gasteiger partial charge in [0.05, 0.1) is 9.52 Å². The first-order chi connectivity index (χ1) is 7.75. The van der Waals surface area contributed by atoms with Crippen LogP contribution >= 0.6 is 11.6 Å². The van der Waals surface area contributed by atoms with E-state index >= 15 is 0 Å². The van der Waals surface area contributed by atoms with Gasteiger partial charge in [0.15, 0.2) is 0 Å². The van der Waals surface area contributed by atoms with E-state index in [2.05, 4.69) is 49.4 Å². The zero-order valence-corrected chi connectivity index (χ0v) is 10.9. The lowest BCUT2D eigenvalue weighted by Crippen LogP contribution is -2.19. The Kier molecular flexibility index (Phi) is 3.81. The Labute approximate surface area is 104 Å². The molecule has 0 nitrogen and oxygen atoms in total. The molecule has 1 atom stereocenters. The Hall–Kier alpha value is -1.05. The van der Waals surface area contributed by atoms with Gasteiger partial charge in [-0.2, -0.15) is 0 Å². The summed E-state index contributed by atoms with van der Waals surface area (Å²) in [7, 11) is 0.809. The SMILES string of the molecule is C[C@H]([Si]c1ccccc1)c1ccc(Cl)cc1. The Bertz CT molecular complexity index is 436. The maximum atomic E-state index is 5.88. The first kappa shape index (κ1) is 11.4. The van der Waals surface area contributed by atoms with Crippen LogP contribution in [0.5, 0.6) is 0 Å². The van der Waals surface area contributed by atoms with Gasteiger partial charge in [0, 0.05) is 5.02 Å². The largest absolute Gasteiger partial charge is 0.0887 e. The lowest BCUT2D eigenvalue weighted by atomic mass is 10.2. The molecule has 0 heterocycles. The van der Waals surface area contributed by atoms with Gasteiger partial charge >= 0.3 is 0 Å². The zero-order chi connectivity index (χ0) is 11.4. The summed E-state index contributed by atoms with van der Waals surface area (Å²) in [6, 6.07) is 18.8. The number of benzene rings is 2. The summed E-state index contributed by atoms with van der Waals surface area (Å²) >= 11 is 5.88. The van der Waals surface area contributed by atoms with Crippen LogP contribution in [0.3, 0.4) is 0 Å². The fraction of sp³-hybridized carbons (Fsp3) is 0.143. The minimum Gasteiger partial charge on any atom is -0.0843 e. The van der Waals surface area contributed by atoms with Crippen LogP contribution in [0.1, 0.15) is 18.0 Å². The molecule has 0 bridgehead atoms. The van der Waals surface area contributed by atoms with Crippen LogP contribution in [0.15, 0.2) is 54.6 Å². The second-order valence-electron chi connectivity index (χ2n) is 3.78. The molecule has 0 fully saturated rings. The van der Waals surface area contributed by atoms with Crippen molar-refractivity contribution in [2.24, 2.45) is 0 Å². The molecule has 2 radical (unpaired) electrons. The molecule has 16 heavy (non-hydrogen) atoms. The topological polar surface area (TPSA) is 0 Å². The molecular formula is C14H13ClSi. The van der Waals surface area contributed by atoms with Crippen molar-refractivity contribution in [2.75, 3.05) is 0 Å². The first-order valence-corrected chi connectivity index (χ1v) is 6.78. The van der Waals surface area contributed by atoms with Gasteiger partial charge in [-0.3, -0.25) is 0 Å². The smallest absolute Gasteiger partial charge is 0.0843 e. The molecule has 0 aliphatic rings. The summed E-state index contributed by atoms with van der Waals surface area (Å²) in [5, 5.41) is 2.21. The molecule has 0 saturated carbocycles. The second kappa shape index (κ2) is 5.33. The predicted molar refractivity (Wildman–Crippen MR) is 71.7 cm³/mol. The molecule has 2 heteroatoms. The van der Waals surface area contributed by atoms with E-state index in [1.807, 2.05) is 12.1 Å². The molecule has 0 amide bonds. The van der Waals surface area contributed by atoms with Crippen molar-refractivity contribution in [1.29, 1.82) is 0 Å². The highest BCUT2D eigenvalue weighted by Gasteiger charge is 2.07. The van der Waals surface area contributed by atoms with Gasteiger partial charge in [0.1, 0.15) is 0 Å². The van der Waals surface area contributed by atoms with Crippen LogP contribution in [-0.2, 0) is 0 Å². The van der Waals surface area contributed by atoms with Gasteiger partial charge in [-0.05, 0) is 23.2 Å². The summed E-state index contributed by atoms with van der Waals surface area (Å²) in [6.07, 6.45) is 0. The molecule has 0 aromatic heterocycles. The highest BCUT2D eigenvalue weighted by Crippen LogP contribution is 2.16. The minimum atomic E-state index is 0.555. The summed E-state index contributed by atoms with van der Waals surface area (Å²) in [4.78, 5) is 0. The highest BCUT2D eigenvalue weighted by molar-refractivity contribution is 6.54. The van der Waals surface area contributed by atoms with E-state index in [0.29, 0.717) is 5.54 Å². The van der Waals surface area contributed by atoms with Gasteiger partial charge in [-0.25, -0.2) is 0 Å². The minimum absolute atomic E-state index is 0.555. The van der Waals surface area contributed by atoms with Crippen molar-refractivity contribution in [3.8, 4) is 0 Å². The molecule has 0 spiro atoms. The Morgan fingerprint density at radius 1 is 0.938 bits per heavy atom. The van der Waals surface area contributed by atoms with Gasteiger partial charge in [-0.15, -0.1) is 0 Å². The van der Waals surface area contributed by atoms with Gasteiger partial charge < -0.3 is 0 Å². The third-order valence-electron chi connectivity index (χ3n) is 2.53. The zero-order valence-electron chi connectivity index (χ0n) is 9.15. The van der Waals surface area contributed by atoms with Gasteiger partial charge in [0.2, 0.25) is 0 Å². The molecular weight excluding hydrogens is 232 g/mol. The molecule has 0 saturated heterocycles. The number of rotatable bonds is 3. The fourth-order valence-corrected chi connectivity index (χ4v) is 2.99. The second-order valence-corrected chi connectivity index (χ2v) is 5.95. The molecule has 0 aliphatic carbocycles. The number of hydrogen-bond donors (Lipinski definition) is 0. The van der Waals surface area contributed by atoms with Crippen LogP contribution in [-0.4, -0.2) is 9.52 Å². The Morgan fingerprint density at radius 3 is 2.19 bits per heavy atom. The van der Waals surface area contributed by atoms with Crippen molar-refractivity contribution in [1.82, 2.24) is 0 Å². The number of halogens is 1. The molecule has 0 aliphatic heterocycles.